The number of piperidine rings is 1. The van der Waals surface area contributed by atoms with Crippen LogP contribution in [0.5, 0.6) is 0 Å². The van der Waals surface area contributed by atoms with Gasteiger partial charge in [-0.3, -0.25) is 9.78 Å². The average molecular weight is 400 g/mol. The third-order valence-electron chi connectivity index (χ3n) is 4.65. The zero-order chi connectivity index (χ0) is 20.4. The Labute approximate surface area is 164 Å². The molecule has 0 spiro atoms. The highest BCUT2D eigenvalue weighted by Gasteiger charge is 2.23. The molecule has 8 nitrogen and oxygen atoms in total. The molecule has 0 aliphatic carbocycles. The van der Waals surface area contributed by atoms with Crippen molar-refractivity contribution in [3.05, 3.63) is 54.1 Å². The van der Waals surface area contributed by atoms with Crippen LogP contribution in [0.25, 0.3) is 11.5 Å². The Balaban J connectivity index is 1.56. The predicted octanol–water partition coefficient (Wildman–Crippen LogP) is 2.59. The van der Waals surface area contributed by atoms with Crippen LogP contribution >= 0.6 is 0 Å². The maximum Gasteiger partial charge on any atom is 0.297 e. The van der Waals surface area contributed by atoms with Gasteiger partial charge in [-0.2, -0.15) is 4.98 Å². The highest BCUT2D eigenvalue weighted by Crippen LogP contribution is 2.28. The van der Waals surface area contributed by atoms with Crippen LogP contribution in [0.1, 0.15) is 23.5 Å². The Bertz CT molecular complexity index is 1020. The van der Waals surface area contributed by atoms with E-state index in [2.05, 4.69) is 25.3 Å². The zero-order valence-electron chi connectivity index (χ0n) is 15.3. The van der Waals surface area contributed by atoms with Crippen molar-refractivity contribution in [3.63, 3.8) is 0 Å². The second kappa shape index (κ2) is 7.92. The molecule has 4 rings (SSSR count). The van der Waals surface area contributed by atoms with E-state index in [1.54, 1.807) is 12.3 Å². The summed E-state index contributed by atoms with van der Waals surface area (Å²) in [5.74, 6) is -3.19. The zero-order valence-corrected chi connectivity index (χ0v) is 15.3. The number of carbonyl (C=O) groups excluding carboxylic acids is 1. The van der Waals surface area contributed by atoms with E-state index in [4.69, 9.17) is 10.3 Å². The minimum atomic E-state index is -0.864. The molecule has 3 N–H and O–H groups in total. The lowest BCUT2D eigenvalue weighted by molar-refractivity contribution is 0.101. The van der Waals surface area contributed by atoms with Gasteiger partial charge in [0.1, 0.15) is 17.2 Å². The third kappa shape index (κ3) is 3.92. The molecular formula is C19H18F2N6O2. The molecule has 29 heavy (non-hydrogen) atoms. The SMILES string of the molecule is N[C@H]1CCCN(c2ccncc2NC(=O)c2noc(-c3c(F)cccc3F)n2)C1. The number of nitrogens with zero attached hydrogens (tertiary/aromatic N) is 4. The molecule has 0 bridgehead atoms. The summed E-state index contributed by atoms with van der Waals surface area (Å²) in [7, 11) is 0. The molecule has 1 aliphatic rings. The molecule has 2 aromatic heterocycles. The number of anilines is 2. The summed E-state index contributed by atoms with van der Waals surface area (Å²) in [6, 6.07) is 5.18. The fraction of sp³-hybridized carbons (Fsp3) is 0.263. The van der Waals surface area contributed by atoms with E-state index < -0.39 is 29.0 Å². The van der Waals surface area contributed by atoms with Gasteiger partial charge < -0.3 is 20.5 Å². The summed E-state index contributed by atoms with van der Waals surface area (Å²) in [5, 5.41) is 6.22. The number of nitrogens with two attached hydrogens (primary N) is 1. The maximum atomic E-state index is 13.9. The van der Waals surface area contributed by atoms with Gasteiger partial charge in [0.25, 0.3) is 17.6 Å². The number of hydrogen-bond donors (Lipinski definition) is 2. The highest BCUT2D eigenvalue weighted by molar-refractivity contribution is 6.03. The Hall–Kier alpha value is -3.40. The normalized spacial score (nSPS) is 16.7. The molecule has 1 saturated heterocycles. The highest BCUT2D eigenvalue weighted by atomic mass is 19.1. The summed E-state index contributed by atoms with van der Waals surface area (Å²) in [5.41, 5.74) is 6.79. The van der Waals surface area contributed by atoms with E-state index in [9.17, 15) is 13.6 Å². The minimum absolute atomic E-state index is 0.0518. The van der Waals surface area contributed by atoms with E-state index in [0.717, 1.165) is 37.2 Å². The number of nitrogens with one attached hydrogen (secondary N) is 1. The molecule has 1 aliphatic heterocycles. The molecular weight excluding hydrogens is 382 g/mol. The molecule has 0 unspecified atom stereocenters. The standard InChI is InChI=1S/C19H18F2N6O2/c20-12-4-1-5-13(21)16(12)19-25-17(26-29-19)18(28)24-14-9-23-7-6-15(14)27-8-2-3-11(22)10-27/h1,4-7,9,11H,2-3,8,10,22H2,(H,24,28)/t11-/m0/s1. The van der Waals surface area contributed by atoms with Gasteiger partial charge in [0.2, 0.25) is 0 Å². The number of aromatic nitrogens is 3. The van der Waals surface area contributed by atoms with Gasteiger partial charge >= 0.3 is 0 Å². The van der Waals surface area contributed by atoms with Gasteiger partial charge in [-0.05, 0) is 31.0 Å². The molecule has 3 aromatic rings. The smallest absolute Gasteiger partial charge is 0.297 e. The van der Waals surface area contributed by atoms with E-state index in [0.29, 0.717) is 12.2 Å². The lowest BCUT2D eigenvalue weighted by Crippen LogP contribution is -2.43. The molecule has 150 valence electrons. The average Bonchev–Trinajstić information content (AvgIpc) is 3.18. The van der Waals surface area contributed by atoms with Crippen LogP contribution in [0.4, 0.5) is 20.2 Å². The van der Waals surface area contributed by atoms with E-state index in [-0.39, 0.29) is 11.9 Å². The summed E-state index contributed by atoms with van der Waals surface area (Å²) in [6.45, 7) is 1.46. The van der Waals surface area contributed by atoms with E-state index >= 15 is 0 Å². The fourth-order valence-electron chi connectivity index (χ4n) is 3.29. The number of hydrogen-bond acceptors (Lipinski definition) is 7. The van der Waals surface area contributed by atoms with Crippen LogP contribution in [-0.4, -0.2) is 40.2 Å². The monoisotopic (exact) mass is 400 g/mol. The largest absolute Gasteiger partial charge is 0.368 e. The molecule has 1 aromatic carbocycles. The quantitative estimate of drug-likeness (QED) is 0.693. The van der Waals surface area contributed by atoms with E-state index in [1.807, 2.05) is 0 Å². The van der Waals surface area contributed by atoms with Crippen LogP contribution < -0.4 is 16.0 Å². The summed E-state index contributed by atoms with van der Waals surface area (Å²) in [6.07, 6.45) is 5.02. The topological polar surface area (TPSA) is 110 Å². The first-order valence-corrected chi connectivity index (χ1v) is 9.07. The van der Waals surface area contributed by atoms with E-state index in [1.165, 1.54) is 12.3 Å². The van der Waals surface area contributed by atoms with Gasteiger partial charge in [-0.25, -0.2) is 8.78 Å². The lowest BCUT2D eigenvalue weighted by Gasteiger charge is -2.33. The molecule has 1 fully saturated rings. The van der Waals surface area contributed by atoms with Crippen molar-refractivity contribution in [2.45, 2.75) is 18.9 Å². The van der Waals surface area contributed by atoms with Crippen molar-refractivity contribution in [3.8, 4) is 11.5 Å². The van der Waals surface area contributed by atoms with Crippen LogP contribution in [-0.2, 0) is 0 Å². The summed E-state index contributed by atoms with van der Waals surface area (Å²) in [4.78, 5) is 22.5. The van der Waals surface area contributed by atoms with Crippen LogP contribution in [0.3, 0.4) is 0 Å². The second-order valence-electron chi connectivity index (χ2n) is 6.72. The van der Waals surface area contributed by atoms with Gasteiger partial charge in [0.05, 0.1) is 17.6 Å². The lowest BCUT2D eigenvalue weighted by atomic mass is 10.1. The van der Waals surface area contributed by atoms with Crippen molar-refractivity contribution >= 4 is 17.3 Å². The number of rotatable bonds is 4. The Morgan fingerprint density at radius 1 is 1.28 bits per heavy atom. The van der Waals surface area contributed by atoms with Crippen LogP contribution in [0.2, 0.25) is 0 Å². The number of halogens is 2. The Morgan fingerprint density at radius 2 is 2.07 bits per heavy atom. The Kier molecular flexibility index (Phi) is 5.17. The number of amides is 1. The first-order chi connectivity index (χ1) is 14.0. The molecule has 1 amide bonds. The van der Waals surface area contributed by atoms with Crippen molar-refractivity contribution in [2.24, 2.45) is 5.73 Å². The summed E-state index contributed by atoms with van der Waals surface area (Å²) < 4.78 is 32.7. The Morgan fingerprint density at radius 3 is 2.83 bits per heavy atom. The van der Waals surface area contributed by atoms with Crippen molar-refractivity contribution in [2.75, 3.05) is 23.3 Å². The molecule has 3 heterocycles. The molecule has 0 radical (unpaired) electrons. The summed E-state index contributed by atoms with van der Waals surface area (Å²) >= 11 is 0. The first-order valence-electron chi connectivity index (χ1n) is 9.07. The number of benzene rings is 1. The van der Waals surface area contributed by atoms with Crippen LogP contribution in [0.15, 0.2) is 41.2 Å². The third-order valence-corrected chi connectivity index (χ3v) is 4.65. The van der Waals surface area contributed by atoms with Crippen molar-refractivity contribution in [1.29, 1.82) is 0 Å². The first kappa shape index (κ1) is 18.9. The van der Waals surface area contributed by atoms with Gasteiger partial charge in [0, 0.05) is 25.3 Å². The maximum absolute atomic E-state index is 13.9. The number of carbonyl (C=O) groups is 1. The minimum Gasteiger partial charge on any atom is -0.368 e. The van der Waals surface area contributed by atoms with Gasteiger partial charge in [-0.1, -0.05) is 11.2 Å². The fourth-order valence-corrected chi connectivity index (χ4v) is 3.29. The molecule has 10 heteroatoms. The second-order valence-corrected chi connectivity index (χ2v) is 6.72. The van der Waals surface area contributed by atoms with Crippen LogP contribution in [0, 0.1) is 11.6 Å². The van der Waals surface area contributed by atoms with Crippen molar-refractivity contribution in [1.82, 2.24) is 15.1 Å². The number of pyridine rings is 1. The molecule has 1 atom stereocenters. The predicted molar refractivity (Wildman–Crippen MR) is 101 cm³/mol. The van der Waals surface area contributed by atoms with Gasteiger partial charge in [-0.15, -0.1) is 0 Å². The van der Waals surface area contributed by atoms with Gasteiger partial charge in [0.15, 0.2) is 0 Å². The molecule has 0 saturated carbocycles. The van der Waals surface area contributed by atoms with Crippen molar-refractivity contribution < 1.29 is 18.1 Å².